The SMILES string of the molecule is COc1cccc(-c2cc3nc4c(c(N5CCC(O)CC5)n3n2)CCCC4)c1. The van der Waals surface area contributed by atoms with Gasteiger partial charge in [-0.25, -0.2) is 4.98 Å². The summed E-state index contributed by atoms with van der Waals surface area (Å²) in [6.45, 7) is 1.72. The summed E-state index contributed by atoms with van der Waals surface area (Å²) >= 11 is 0. The van der Waals surface area contributed by atoms with Gasteiger partial charge in [0.2, 0.25) is 0 Å². The van der Waals surface area contributed by atoms with Gasteiger partial charge in [-0.2, -0.15) is 9.61 Å². The fourth-order valence-corrected chi connectivity index (χ4v) is 4.45. The van der Waals surface area contributed by atoms with Crippen molar-refractivity contribution in [2.45, 2.75) is 44.6 Å². The van der Waals surface area contributed by atoms with Gasteiger partial charge in [-0.15, -0.1) is 0 Å². The average Bonchev–Trinajstić information content (AvgIpc) is 3.16. The molecule has 1 aliphatic carbocycles. The highest BCUT2D eigenvalue weighted by Crippen LogP contribution is 2.33. The largest absolute Gasteiger partial charge is 0.497 e. The summed E-state index contributed by atoms with van der Waals surface area (Å²) in [6.07, 6.45) is 5.93. The van der Waals surface area contributed by atoms with E-state index in [0.717, 1.165) is 61.4 Å². The van der Waals surface area contributed by atoms with E-state index in [1.807, 2.05) is 22.7 Å². The van der Waals surface area contributed by atoms with Crippen LogP contribution in [0.5, 0.6) is 5.75 Å². The fourth-order valence-electron chi connectivity index (χ4n) is 4.45. The van der Waals surface area contributed by atoms with E-state index in [2.05, 4.69) is 17.0 Å². The molecule has 0 amide bonds. The highest BCUT2D eigenvalue weighted by atomic mass is 16.5. The number of rotatable bonds is 3. The Kier molecular flexibility index (Phi) is 4.43. The van der Waals surface area contributed by atoms with E-state index in [-0.39, 0.29) is 6.10 Å². The molecule has 0 bridgehead atoms. The number of fused-ring (bicyclic) bond motifs is 2. The molecule has 0 atom stereocenters. The lowest BCUT2D eigenvalue weighted by molar-refractivity contribution is 0.145. The first-order valence-electron chi connectivity index (χ1n) is 10.2. The number of hydrogen-bond acceptors (Lipinski definition) is 5. The lowest BCUT2D eigenvalue weighted by Gasteiger charge is -2.34. The Morgan fingerprint density at radius 3 is 2.75 bits per heavy atom. The van der Waals surface area contributed by atoms with Gasteiger partial charge in [0.25, 0.3) is 0 Å². The van der Waals surface area contributed by atoms with Gasteiger partial charge >= 0.3 is 0 Å². The van der Waals surface area contributed by atoms with E-state index in [4.69, 9.17) is 14.8 Å². The van der Waals surface area contributed by atoms with E-state index >= 15 is 0 Å². The standard InChI is InChI=1S/C22H26N4O2/c1-28-17-6-4-5-15(13-17)20-14-21-23-19-8-3-2-7-18(19)22(26(21)24-20)25-11-9-16(27)10-12-25/h4-6,13-14,16,27H,2-3,7-12H2,1H3. The summed E-state index contributed by atoms with van der Waals surface area (Å²) in [5, 5.41) is 14.9. The number of piperidine rings is 1. The third-order valence-corrected chi connectivity index (χ3v) is 5.98. The third kappa shape index (κ3) is 3.02. The molecule has 3 aromatic rings. The molecule has 2 aliphatic rings. The van der Waals surface area contributed by atoms with Crippen molar-refractivity contribution in [2.75, 3.05) is 25.1 Å². The van der Waals surface area contributed by atoms with Crippen LogP contribution in [0.15, 0.2) is 30.3 Å². The lowest BCUT2D eigenvalue weighted by Crippen LogP contribution is -2.38. The van der Waals surface area contributed by atoms with Crippen molar-refractivity contribution in [1.82, 2.24) is 14.6 Å². The molecule has 1 aromatic carbocycles. The van der Waals surface area contributed by atoms with Gasteiger partial charge in [-0.05, 0) is 50.7 Å². The van der Waals surface area contributed by atoms with E-state index < -0.39 is 0 Å². The number of nitrogens with zero attached hydrogens (tertiary/aromatic N) is 4. The van der Waals surface area contributed by atoms with Crippen LogP contribution in [0.3, 0.4) is 0 Å². The third-order valence-electron chi connectivity index (χ3n) is 5.98. The van der Waals surface area contributed by atoms with Crippen molar-refractivity contribution in [3.05, 3.63) is 41.6 Å². The molecular weight excluding hydrogens is 352 g/mol. The normalized spacial score (nSPS) is 17.7. The quantitative estimate of drug-likeness (QED) is 0.758. The Morgan fingerprint density at radius 2 is 1.93 bits per heavy atom. The van der Waals surface area contributed by atoms with Crippen molar-refractivity contribution in [3.8, 4) is 17.0 Å². The van der Waals surface area contributed by atoms with Crippen LogP contribution in [0.25, 0.3) is 16.9 Å². The van der Waals surface area contributed by atoms with Crippen molar-refractivity contribution in [1.29, 1.82) is 0 Å². The van der Waals surface area contributed by atoms with Gasteiger partial charge in [-0.1, -0.05) is 12.1 Å². The molecule has 28 heavy (non-hydrogen) atoms. The minimum absolute atomic E-state index is 0.186. The molecule has 1 N–H and O–H groups in total. The zero-order chi connectivity index (χ0) is 19.1. The first kappa shape index (κ1) is 17.5. The molecule has 1 saturated heterocycles. The van der Waals surface area contributed by atoms with Crippen molar-refractivity contribution >= 4 is 11.5 Å². The van der Waals surface area contributed by atoms with E-state index in [0.29, 0.717) is 0 Å². The number of aliphatic hydroxyl groups excluding tert-OH is 1. The van der Waals surface area contributed by atoms with Crippen molar-refractivity contribution in [3.63, 3.8) is 0 Å². The van der Waals surface area contributed by atoms with Gasteiger partial charge in [0.15, 0.2) is 5.65 Å². The first-order valence-corrected chi connectivity index (χ1v) is 10.2. The fraction of sp³-hybridized carbons (Fsp3) is 0.455. The van der Waals surface area contributed by atoms with E-state index in [1.165, 1.54) is 29.9 Å². The monoisotopic (exact) mass is 378 g/mol. The Bertz CT molecular complexity index is 1010. The van der Waals surface area contributed by atoms with E-state index in [9.17, 15) is 5.11 Å². The number of aliphatic hydroxyl groups is 1. The van der Waals surface area contributed by atoms with Crippen LogP contribution in [0.4, 0.5) is 5.82 Å². The van der Waals surface area contributed by atoms with Crippen LogP contribution >= 0.6 is 0 Å². The molecule has 3 heterocycles. The Hall–Kier alpha value is -2.60. The van der Waals surface area contributed by atoms with Crippen LogP contribution in [0.2, 0.25) is 0 Å². The van der Waals surface area contributed by atoms with Gasteiger partial charge < -0.3 is 14.7 Å². The number of aryl methyl sites for hydroxylation is 1. The van der Waals surface area contributed by atoms with Crippen molar-refractivity contribution < 1.29 is 9.84 Å². The molecule has 1 fully saturated rings. The molecule has 6 nitrogen and oxygen atoms in total. The number of aromatic nitrogens is 3. The molecule has 0 saturated carbocycles. The smallest absolute Gasteiger partial charge is 0.158 e. The van der Waals surface area contributed by atoms with Gasteiger partial charge in [-0.3, -0.25) is 0 Å². The highest BCUT2D eigenvalue weighted by molar-refractivity contribution is 5.68. The van der Waals surface area contributed by atoms with Gasteiger partial charge in [0, 0.05) is 36.0 Å². The summed E-state index contributed by atoms with van der Waals surface area (Å²) in [5.74, 6) is 2.01. The zero-order valence-corrected chi connectivity index (χ0v) is 16.3. The minimum atomic E-state index is -0.186. The summed E-state index contributed by atoms with van der Waals surface area (Å²) in [6, 6.07) is 10.1. The Morgan fingerprint density at radius 1 is 1.11 bits per heavy atom. The highest BCUT2D eigenvalue weighted by Gasteiger charge is 2.26. The van der Waals surface area contributed by atoms with Gasteiger partial charge in [0.05, 0.1) is 18.9 Å². The van der Waals surface area contributed by atoms with Crippen LogP contribution in [-0.2, 0) is 12.8 Å². The van der Waals surface area contributed by atoms with Gasteiger partial charge in [0.1, 0.15) is 11.6 Å². The molecule has 0 unspecified atom stereocenters. The molecular formula is C22H26N4O2. The van der Waals surface area contributed by atoms with Crippen LogP contribution in [-0.4, -0.2) is 46.0 Å². The number of anilines is 1. The average molecular weight is 378 g/mol. The summed E-state index contributed by atoms with van der Waals surface area (Å²) in [5.41, 5.74) is 5.40. The molecule has 146 valence electrons. The van der Waals surface area contributed by atoms with Crippen LogP contribution in [0, 0.1) is 0 Å². The second-order valence-corrected chi connectivity index (χ2v) is 7.82. The Labute approximate surface area is 164 Å². The number of ether oxygens (including phenoxy) is 1. The van der Waals surface area contributed by atoms with E-state index in [1.54, 1.807) is 7.11 Å². The van der Waals surface area contributed by atoms with Crippen molar-refractivity contribution in [2.24, 2.45) is 0 Å². The zero-order valence-electron chi connectivity index (χ0n) is 16.3. The topological polar surface area (TPSA) is 62.9 Å². The second-order valence-electron chi connectivity index (χ2n) is 7.82. The summed E-state index contributed by atoms with van der Waals surface area (Å²) < 4.78 is 7.40. The second kappa shape index (κ2) is 7.09. The molecule has 5 rings (SSSR count). The van der Waals surface area contributed by atoms with Crippen LogP contribution in [0.1, 0.15) is 36.9 Å². The molecule has 1 aliphatic heterocycles. The number of methoxy groups -OCH3 is 1. The lowest BCUT2D eigenvalue weighted by atomic mass is 9.95. The maximum absolute atomic E-state index is 9.95. The number of hydrogen-bond donors (Lipinski definition) is 1. The molecule has 0 spiro atoms. The summed E-state index contributed by atoms with van der Waals surface area (Å²) in [7, 11) is 1.68. The maximum Gasteiger partial charge on any atom is 0.158 e. The Balaban J connectivity index is 1.66. The molecule has 2 aromatic heterocycles. The molecule has 6 heteroatoms. The predicted molar refractivity (Wildman–Crippen MR) is 109 cm³/mol. The minimum Gasteiger partial charge on any atom is -0.497 e. The maximum atomic E-state index is 9.95. The number of benzene rings is 1. The van der Waals surface area contributed by atoms with Crippen LogP contribution < -0.4 is 9.64 Å². The first-order chi connectivity index (χ1) is 13.7. The summed E-state index contributed by atoms with van der Waals surface area (Å²) in [4.78, 5) is 7.36. The predicted octanol–water partition coefficient (Wildman–Crippen LogP) is 3.24. The molecule has 0 radical (unpaired) electrons.